The van der Waals surface area contributed by atoms with Gasteiger partial charge in [-0.15, -0.1) is 0 Å². The second kappa shape index (κ2) is 7.31. The van der Waals surface area contributed by atoms with E-state index < -0.39 is 0 Å². The molecule has 0 saturated carbocycles. The zero-order chi connectivity index (χ0) is 14.4. The van der Waals surface area contributed by atoms with Gasteiger partial charge in [0.15, 0.2) is 5.16 Å². The number of rotatable bonds is 6. The van der Waals surface area contributed by atoms with Gasteiger partial charge in [-0.05, 0) is 31.0 Å². The molecular formula is C13H15ClN4OS. The minimum atomic E-state index is -0.0269. The molecule has 1 atom stereocenters. The van der Waals surface area contributed by atoms with Gasteiger partial charge in [0, 0.05) is 11.1 Å². The van der Waals surface area contributed by atoms with Gasteiger partial charge in [0.25, 0.3) is 0 Å². The molecule has 1 amide bonds. The van der Waals surface area contributed by atoms with Crippen LogP contribution in [0.5, 0.6) is 0 Å². The number of hydrogen-bond donors (Lipinski definition) is 2. The van der Waals surface area contributed by atoms with Crippen LogP contribution >= 0.6 is 23.4 Å². The maximum Gasteiger partial charge on any atom is 0.230 e. The topological polar surface area (TPSA) is 70.7 Å². The van der Waals surface area contributed by atoms with Crippen molar-refractivity contribution in [1.82, 2.24) is 20.5 Å². The normalized spacial score (nSPS) is 12.1. The Morgan fingerprint density at radius 3 is 3.10 bits per heavy atom. The monoisotopic (exact) mass is 310 g/mol. The van der Waals surface area contributed by atoms with Gasteiger partial charge in [0.1, 0.15) is 6.33 Å². The molecule has 0 unspecified atom stereocenters. The van der Waals surface area contributed by atoms with Gasteiger partial charge in [0.2, 0.25) is 5.91 Å². The lowest BCUT2D eigenvalue weighted by Gasteiger charge is -2.13. The maximum atomic E-state index is 11.8. The number of carbonyl (C=O) groups excluding carboxylic acids is 1. The molecule has 0 fully saturated rings. The summed E-state index contributed by atoms with van der Waals surface area (Å²) < 4.78 is 0. The number of thioether (sulfide) groups is 1. The van der Waals surface area contributed by atoms with Crippen molar-refractivity contribution in [3.8, 4) is 0 Å². The molecule has 5 nitrogen and oxygen atoms in total. The first-order chi connectivity index (χ1) is 9.63. The molecule has 0 radical (unpaired) electrons. The van der Waals surface area contributed by atoms with Gasteiger partial charge in [-0.25, -0.2) is 4.98 Å². The molecule has 7 heteroatoms. The average molecular weight is 311 g/mol. The highest BCUT2D eigenvalue weighted by Gasteiger charge is 2.09. The summed E-state index contributed by atoms with van der Waals surface area (Å²) in [5, 5.41) is 10.7. The molecule has 1 aromatic carbocycles. The first kappa shape index (κ1) is 14.9. The Hall–Kier alpha value is -1.53. The first-order valence-corrected chi connectivity index (χ1v) is 7.52. The van der Waals surface area contributed by atoms with Crippen molar-refractivity contribution >= 4 is 29.3 Å². The molecular weight excluding hydrogens is 296 g/mol. The molecule has 20 heavy (non-hydrogen) atoms. The minimum absolute atomic E-state index is 0.0269. The van der Waals surface area contributed by atoms with E-state index in [4.69, 9.17) is 11.6 Å². The summed E-state index contributed by atoms with van der Waals surface area (Å²) in [6.07, 6.45) is 2.17. The lowest BCUT2D eigenvalue weighted by atomic mass is 10.1. The van der Waals surface area contributed by atoms with Crippen LogP contribution in [0, 0.1) is 0 Å². The quantitative estimate of drug-likeness (QED) is 0.803. The number of nitrogens with one attached hydrogen (secondary N) is 2. The average Bonchev–Trinajstić information content (AvgIpc) is 2.89. The van der Waals surface area contributed by atoms with Crippen LogP contribution in [0.15, 0.2) is 35.7 Å². The van der Waals surface area contributed by atoms with E-state index in [1.165, 1.54) is 18.1 Å². The van der Waals surface area contributed by atoms with E-state index in [0.29, 0.717) is 15.9 Å². The number of amides is 1. The Morgan fingerprint density at radius 2 is 2.40 bits per heavy atom. The van der Waals surface area contributed by atoms with Gasteiger partial charge in [-0.2, -0.15) is 5.10 Å². The van der Waals surface area contributed by atoms with Gasteiger partial charge in [-0.1, -0.05) is 35.5 Å². The summed E-state index contributed by atoms with van der Waals surface area (Å²) in [6, 6.07) is 7.70. The summed E-state index contributed by atoms with van der Waals surface area (Å²) in [4.78, 5) is 15.7. The van der Waals surface area contributed by atoms with Crippen LogP contribution in [-0.4, -0.2) is 32.9 Å². The highest BCUT2D eigenvalue weighted by atomic mass is 35.5. The van der Waals surface area contributed by atoms with E-state index in [-0.39, 0.29) is 11.9 Å². The molecule has 0 spiro atoms. The van der Waals surface area contributed by atoms with Crippen molar-refractivity contribution in [3.63, 3.8) is 0 Å². The minimum Gasteiger partial charge on any atom is -0.353 e. The Balaban J connectivity index is 1.76. The fraction of sp³-hybridized carbons (Fsp3) is 0.308. The van der Waals surface area contributed by atoms with Crippen LogP contribution < -0.4 is 5.32 Å². The highest BCUT2D eigenvalue weighted by Crippen LogP contribution is 2.13. The molecule has 1 aromatic heterocycles. The number of hydrogen-bond acceptors (Lipinski definition) is 4. The van der Waals surface area contributed by atoms with Crippen LogP contribution in [-0.2, 0) is 11.2 Å². The number of carbonyl (C=O) groups is 1. The number of aromatic nitrogens is 3. The Kier molecular flexibility index (Phi) is 5.43. The fourth-order valence-corrected chi connectivity index (χ4v) is 2.59. The molecule has 0 bridgehead atoms. The zero-order valence-electron chi connectivity index (χ0n) is 11.0. The summed E-state index contributed by atoms with van der Waals surface area (Å²) >= 11 is 7.26. The second-order valence-corrected chi connectivity index (χ2v) is 5.78. The van der Waals surface area contributed by atoms with E-state index in [0.717, 1.165) is 12.0 Å². The third kappa shape index (κ3) is 4.86. The number of benzene rings is 1. The molecule has 0 aliphatic heterocycles. The zero-order valence-corrected chi connectivity index (χ0v) is 12.5. The van der Waals surface area contributed by atoms with Crippen LogP contribution in [0.25, 0.3) is 0 Å². The Bertz CT molecular complexity index is 561. The fourth-order valence-electron chi connectivity index (χ4n) is 1.78. The molecule has 106 valence electrons. The summed E-state index contributed by atoms with van der Waals surface area (Å²) in [5.74, 6) is 0.288. The van der Waals surface area contributed by atoms with Gasteiger partial charge < -0.3 is 5.32 Å². The molecule has 0 aliphatic rings. The predicted octanol–water partition coefficient (Wildman–Crippen LogP) is 2.30. The molecule has 2 aromatic rings. The van der Waals surface area contributed by atoms with Crippen LogP contribution in [0.3, 0.4) is 0 Å². The summed E-state index contributed by atoms with van der Waals surface area (Å²) in [6.45, 7) is 1.97. The maximum absolute atomic E-state index is 11.8. The van der Waals surface area contributed by atoms with E-state index in [1.54, 1.807) is 0 Å². The highest BCUT2D eigenvalue weighted by molar-refractivity contribution is 7.99. The van der Waals surface area contributed by atoms with E-state index in [2.05, 4.69) is 20.5 Å². The smallest absolute Gasteiger partial charge is 0.230 e. The molecule has 0 saturated heterocycles. The number of aromatic amines is 1. The molecule has 2 N–H and O–H groups in total. The SMILES string of the molecule is C[C@H](Cc1cccc(Cl)c1)NC(=O)CSc1ncn[nH]1. The Labute approximate surface area is 126 Å². The van der Waals surface area contributed by atoms with Crippen LogP contribution in [0.1, 0.15) is 12.5 Å². The number of halogens is 1. The largest absolute Gasteiger partial charge is 0.353 e. The lowest BCUT2D eigenvalue weighted by molar-refractivity contribution is -0.119. The van der Waals surface area contributed by atoms with Crippen molar-refractivity contribution in [2.24, 2.45) is 0 Å². The van der Waals surface area contributed by atoms with Crippen LogP contribution in [0.2, 0.25) is 5.02 Å². The van der Waals surface area contributed by atoms with Crippen molar-refractivity contribution in [1.29, 1.82) is 0 Å². The third-order valence-electron chi connectivity index (χ3n) is 2.57. The van der Waals surface area contributed by atoms with Crippen molar-refractivity contribution in [2.45, 2.75) is 24.5 Å². The molecule has 2 rings (SSSR count). The molecule has 1 heterocycles. The Morgan fingerprint density at radius 1 is 1.55 bits per heavy atom. The summed E-state index contributed by atoms with van der Waals surface area (Å²) in [5.41, 5.74) is 1.10. The number of nitrogens with zero attached hydrogens (tertiary/aromatic N) is 2. The van der Waals surface area contributed by atoms with E-state index >= 15 is 0 Å². The van der Waals surface area contributed by atoms with E-state index in [9.17, 15) is 4.79 Å². The first-order valence-electron chi connectivity index (χ1n) is 6.15. The van der Waals surface area contributed by atoms with Crippen molar-refractivity contribution in [2.75, 3.05) is 5.75 Å². The summed E-state index contributed by atoms with van der Waals surface area (Å²) in [7, 11) is 0. The third-order valence-corrected chi connectivity index (χ3v) is 3.68. The lowest BCUT2D eigenvalue weighted by Crippen LogP contribution is -2.35. The predicted molar refractivity (Wildman–Crippen MR) is 79.9 cm³/mol. The van der Waals surface area contributed by atoms with Crippen molar-refractivity contribution in [3.05, 3.63) is 41.2 Å². The van der Waals surface area contributed by atoms with Gasteiger partial charge in [-0.3, -0.25) is 9.89 Å². The van der Waals surface area contributed by atoms with Crippen molar-refractivity contribution < 1.29 is 4.79 Å². The van der Waals surface area contributed by atoms with E-state index in [1.807, 2.05) is 31.2 Å². The second-order valence-electron chi connectivity index (χ2n) is 4.38. The standard InChI is InChI=1S/C13H15ClN4OS/c1-9(5-10-3-2-4-11(14)6-10)17-12(19)7-20-13-15-8-16-18-13/h2-4,6,8-9H,5,7H2,1H3,(H,17,19)(H,15,16,18)/t9-/m1/s1. The van der Waals surface area contributed by atoms with Gasteiger partial charge in [0.05, 0.1) is 5.75 Å². The number of H-pyrrole nitrogens is 1. The van der Waals surface area contributed by atoms with Gasteiger partial charge >= 0.3 is 0 Å². The van der Waals surface area contributed by atoms with Crippen LogP contribution in [0.4, 0.5) is 0 Å². The molecule has 0 aliphatic carbocycles.